The first-order valence-corrected chi connectivity index (χ1v) is 3.82. The molecule has 0 aromatic heterocycles. The molecule has 0 unspecified atom stereocenters. The summed E-state index contributed by atoms with van der Waals surface area (Å²) in [5.74, 6) is 8.01. The topological polar surface area (TPSA) is 26.3 Å². The number of hydrogen-bond donors (Lipinski definition) is 0. The van der Waals surface area contributed by atoms with E-state index in [2.05, 4.69) is 17.8 Å². The largest absolute Gasteiger partial charge is 0.356 e. The fourth-order valence-electron chi connectivity index (χ4n) is 0.574. The summed E-state index contributed by atoms with van der Waals surface area (Å²) in [5.41, 5.74) is 0. The second kappa shape index (κ2) is 9.75. The Morgan fingerprint density at radius 1 is 1.33 bits per heavy atom. The van der Waals surface area contributed by atoms with Crippen LogP contribution in [-0.4, -0.2) is 19.5 Å². The van der Waals surface area contributed by atoms with Crippen LogP contribution in [0.1, 0.15) is 19.3 Å². The van der Waals surface area contributed by atoms with Crippen LogP contribution in [0.2, 0.25) is 0 Å². The first-order chi connectivity index (χ1) is 5.91. The highest BCUT2D eigenvalue weighted by atomic mass is 16.5. The zero-order chi connectivity index (χ0) is 9.07. The molecule has 2 nitrogen and oxygen atoms in total. The lowest BCUT2D eigenvalue weighted by molar-refractivity contribution is -0.107. The molecule has 0 amide bonds. The van der Waals surface area contributed by atoms with Crippen molar-refractivity contribution in [3.05, 3.63) is 0 Å². The number of aldehydes is 1. The van der Waals surface area contributed by atoms with E-state index >= 15 is 0 Å². The van der Waals surface area contributed by atoms with Gasteiger partial charge in [0.05, 0.1) is 0 Å². The maximum Gasteiger partial charge on any atom is 0.120 e. The van der Waals surface area contributed by atoms with Crippen LogP contribution >= 0.6 is 0 Å². The van der Waals surface area contributed by atoms with Crippen molar-refractivity contribution in [3.8, 4) is 24.2 Å². The predicted octanol–water partition coefficient (Wildman–Crippen LogP) is 1.01. The molecule has 12 heavy (non-hydrogen) atoms. The minimum absolute atomic E-state index is 0.309. The molecule has 0 saturated heterocycles. The Hall–Kier alpha value is -1.25. The Kier molecular flexibility index (Phi) is 8.73. The molecule has 2 heteroatoms. The summed E-state index contributed by atoms with van der Waals surface area (Å²) < 4.78 is 4.91. The van der Waals surface area contributed by atoms with Crippen molar-refractivity contribution in [3.63, 3.8) is 0 Å². The third-order valence-corrected chi connectivity index (χ3v) is 1.11. The number of hydrogen-bond acceptors (Lipinski definition) is 2. The normalized spacial score (nSPS) is 7.92. The van der Waals surface area contributed by atoms with E-state index in [1.165, 1.54) is 0 Å². The molecule has 0 fully saturated rings. The van der Waals surface area contributed by atoms with Crippen LogP contribution in [0.15, 0.2) is 0 Å². The third-order valence-electron chi connectivity index (χ3n) is 1.11. The maximum atomic E-state index is 9.88. The highest BCUT2D eigenvalue weighted by Crippen LogP contribution is 1.88. The van der Waals surface area contributed by atoms with E-state index in [4.69, 9.17) is 11.2 Å². The summed E-state index contributed by atoms with van der Waals surface area (Å²) in [6.07, 6.45) is 8.00. The maximum absolute atomic E-state index is 9.88. The summed E-state index contributed by atoms with van der Waals surface area (Å²) in [4.78, 5) is 9.88. The smallest absolute Gasteiger partial charge is 0.120 e. The first-order valence-electron chi connectivity index (χ1n) is 3.82. The molecular formula is C10H12O2. The van der Waals surface area contributed by atoms with Gasteiger partial charge in [-0.05, 0) is 6.42 Å². The van der Waals surface area contributed by atoms with Gasteiger partial charge in [0.2, 0.25) is 0 Å². The number of rotatable bonds is 5. The van der Waals surface area contributed by atoms with Crippen molar-refractivity contribution in [2.75, 3.05) is 13.2 Å². The van der Waals surface area contributed by atoms with Crippen LogP contribution in [-0.2, 0) is 9.53 Å². The average Bonchev–Trinajstić information content (AvgIpc) is 2.10. The van der Waals surface area contributed by atoms with Gasteiger partial charge in [0.15, 0.2) is 0 Å². The minimum atomic E-state index is 0.309. The van der Waals surface area contributed by atoms with E-state index in [1.807, 2.05) is 0 Å². The summed E-state index contributed by atoms with van der Waals surface area (Å²) in [6.45, 7) is 0.689. The van der Waals surface area contributed by atoms with Gasteiger partial charge in [-0.2, -0.15) is 0 Å². The van der Waals surface area contributed by atoms with Crippen molar-refractivity contribution in [2.45, 2.75) is 19.3 Å². The third kappa shape index (κ3) is 8.75. The van der Waals surface area contributed by atoms with E-state index in [-0.39, 0.29) is 0 Å². The zero-order valence-corrected chi connectivity index (χ0v) is 7.01. The van der Waals surface area contributed by atoms with E-state index in [9.17, 15) is 4.79 Å². The lowest BCUT2D eigenvalue weighted by Gasteiger charge is -1.88. The highest BCUT2D eigenvalue weighted by Gasteiger charge is 1.80. The molecule has 0 aliphatic rings. The number of carbonyl (C=O) groups excluding carboxylic acids is 1. The number of carbonyl (C=O) groups is 1. The Morgan fingerprint density at radius 2 is 2.17 bits per heavy atom. The summed E-state index contributed by atoms with van der Waals surface area (Å²) in [6, 6.07) is 0. The predicted molar refractivity (Wildman–Crippen MR) is 47.3 cm³/mol. The molecule has 0 bridgehead atoms. The molecule has 0 atom stereocenters. The molecular weight excluding hydrogens is 152 g/mol. The number of terminal acetylenes is 1. The first kappa shape index (κ1) is 10.8. The van der Waals surface area contributed by atoms with E-state index in [0.29, 0.717) is 19.6 Å². The van der Waals surface area contributed by atoms with Gasteiger partial charge < -0.3 is 9.53 Å². The van der Waals surface area contributed by atoms with Gasteiger partial charge in [-0.15, -0.1) is 12.3 Å². The zero-order valence-electron chi connectivity index (χ0n) is 7.01. The molecule has 0 aromatic rings. The molecule has 0 radical (unpaired) electrons. The van der Waals surface area contributed by atoms with Crippen LogP contribution < -0.4 is 0 Å². The second-order valence-electron chi connectivity index (χ2n) is 2.11. The number of unbranched alkanes of at least 4 members (excludes halogenated alkanes) is 2. The van der Waals surface area contributed by atoms with Crippen molar-refractivity contribution >= 4 is 6.29 Å². The summed E-state index contributed by atoms with van der Waals surface area (Å²) in [5, 5.41) is 0. The quantitative estimate of drug-likeness (QED) is 0.344. The standard InChI is InChI=1S/C10H12O2/c1-2-9-12-10-7-5-3-4-6-8-11/h1,8H,3-4,6,9-10H2. The fraction of sp³-hybridized carbons (Fsp3) is 0.500. The van der Waals surface area contributed by atoms with Crippen molar-refractivity contribution < 1.29 is 9.53 Å². The molecule has 0 aliphatic heterocycles. The van der Waals surface area contributed by atoms with E-state index < -0.39 is 0 Å². The van der Waals surface area contributed by atoms with Gasteiger partial charge in [0, 0.05) is 12.8 Å². The Balaban J connectivity index is 3.12. The monoisotopic (exact) mass is 164 g/mol. The molecule has 0 N–H and O–H groups in total. The van der Waals surface area contributed by atoms with Gasteiger partial charge in [-0.1, -0.05) is 11.8 Å². The molecule has 64 valence electrons. The van der Waals surface area contributed by atoms with Crippen LogP contribution in [0.5, 0.6) is 0 Å². The highest BCUT2D eigenvalue weighted by molar-refractivity contribution is 5.49. The van der Waals surface area contributed by atoms with E-state index in [1.54, 1.807) is 0 Å². The lowest BCUT2D eigenvalue weighted by Crippen LogP contribution is -1.90. The SMILES string of the molecule is C#CCOCC#CCCCC=O. The molecule has 0 rings (SSSR count). The number of ether oxygens (including phenoxy) is 1. The van der Waals surface area contributed by atoms with Crippen molar-refractivity contribution in [1.82, 2.24) is 0 Å². The summed E-state index contributed by atoms with van der Waals surface area (Å²) in [7, 11) is 0. The molecule has 0 spiro atoms. The molecule has 0 aromatic carbocycles. The van der Waals surface area contributed by atoms with E-state index in [0.717, 1.165) is 19.1 Å². The lowest BCUT2D eigenvalue weighted by atomic mass is 10.2. The Morgan fingerprint density at radius 3 is 2.83 bits per heavy atom. The second-order valence-corrected chi connectivity index (χ2v) is 2.11. The van der Waals surface area contributed by atoms with Gasteiger partial charge in [0.25, 0.3) is 0 Å². The van der Waals surface area contributed by atoms with Gasteiger partial charge in [0.1, 0.15) is 19.5 Å². The molecule has 0 aliphatic carbocycles. The average molecular weight is 164 g/mol. The Labute approximate surface area is 73.3 Å². The van der Waals surface area contributed by atoms with Crippen LogP contribution in [0.4, 0.5) is 0 Å². The van der Waals surface area contributed by atoms with Crippen molar-refractivity contribution in [2.24, 2.45) is 0 Å². The molecule has 0 saturated carbocycles. The van der Waals surface area contributed by atoms with Crippen LogP contribution in [0, 0.1) is 24.2 Å². The minimum Gasteiger partial charge on any atom is -0.356 e. The van der Waals surface area contributed by atoms with Gasteiger partial charge >= 0.3 is 0 Å². The van der Waals surface area contributed by atoms with Crippen LogP contribution in [0.3, 0.4) is 0 Å². The molecule has 0 heterocycles. The Bertz CT molecular complexity index is 202. The van der Waals surface area contributed by atoms with Crippen molar-refractivity contribution in [1.29, 1.82) is 0 Å². The fourth-order valence-corrected chi connectivity index (χ4v) is 0.574. The van der Waals surface area contributed by atoms with Gasteiger partial charge in [-0.3, -0.25) is 0 Å². The summed E-state index contributed by atoms with van der Waals surface area (Å²) >= 11 is 0. The van der Waals surface area contributed by atoms with Gasteiger partial charge in [-0.25, -0.2) is 0 Å². The van der Waals surface area contributed by atoms with Crippen LogP contribution in [0.25, 0.3) is 0 Å².